The van der Waals surface area contributed by atoms with Crippen LogP contribution in [0.5, 0.6) is 0 Å². The molecular weight excluding hydrogens is 260 g/mol. The third kappa shape index (κ3) is 2.96. The minimum atomic E-state index is -0.363. The molecule has 102 valence electrons. The molecular formula is C13H18N4OS. The number of hydrogen-bond donors (Lipinski definition) is 2. The molecule has 1 aromatic carbocycles. The molecule has 0 unspecified atom stereocenters. The van der Waals surface area contributed by atoms with Crippen molar-refractivity contribution in [3.05, 3.63) is 17.6 Å². The largest absolute Gasteiger partial charge is 0.395 e. The highest BCUT2D eigenvalue weighted by Crippen LogP contribution is 2.32. The molecule has 0 saturated carbocycles. The summed E-state index contributed by atoms with van der Waals surface area (Å²) in [5, 5.41) is 0. The molecule has 1 amide bonds. The lowest BCUT2D eigenvalue weighted by atomic mass is 10.1. The summed E-state index contributed by atoms with van der Waals surface area (Å²) in [5.74, 6) is 0.0447. The Hall–Kier alpha value is -1.82. The Bertz CT molecular complexity index is 593. The number of carbonyl (C=O) groups is 1. The highest BCUT2D eigenvalue weighted by atomic mass is 32.1. The van der Waals surface area contributed by atoms with E-state index in [0.29, 0.717) is 11.6 Å². The van der Waals surface area contributed by atoms with Gasteiger partial charge in [-0.25, -0.2) is 4.98 Å². The van der Waals surface area contributed by atoms with Crippen molar-refractivity contribution in [3.8, 4) is 0 Å². The van der Waals surface area contributed by atoms with Gasteiger partial charge < -0.3 is 16.4 Å². The number of aromatic nitrogens is 1. The second kappa shape index (κ2) is 5.44. The molecule has 0 fully saturated rings. The lowest BCUT2D eigenvalue weighted by molar-refractivity contribution is -0.116. The smallest absolute Gasteiger partial charge is 0.236 e. The molecule has 2 aromatic rings. The molecule has 19 heavy (non-hydrogen) atoms. The average molecular weight is 278 g/mol. The van der Waals surface area contributed by atoms with E-state index < -0.39 is 0 Å². The van der Waals surface area contributed by atoms with Crippen LogP contribution in [0, 0.1) is 5.92 Å². The summed E-state index contributed by atoms with van der Waals surface area (Å²) in [4.78, 5) is 17.4. The van der Waals surface area contributed by atoms with Crippen molar-refractivity contribution in [1.82, 2.24) is 4.98 Å². The molecule has 1 heterocycles. The van der Waals surface area contributed by atoms with Crippen LogP contribution in [0.25, 0.3) is 10.2 Å². The van der Waals surface area contributed by atoms with E-state index in [0.717, 1.165) is 22.4 Å². The zero-order valence-electron chi connectivity index (χ0n) is 11.1. The molecule has 0 spiro atoms. The maximum atomic E-state index is 11.2. The Balaban J connectivity index is 2.42. The van der Waals surface area contributed by atoms with Gasteiger partial charge in [0, 0.05) is 6.54 Å². The Labute approximate surface area is 116 Å². The number of amides is 1. The zero-order valence-corrected chi connectivity index (χ0v) is 11.9. The van der Waals surface area contributed by atoms with Crippen molar-refractivity contribution in [2.45, 2.75) is 13.8 Å². The van der Waals surface area contributed by atoms with E-state index >= 15 is 0 Å². The van der Waals surface area contributed by atoms with Crippen LogP contribution in [0.15, 0.2) is 17.6 Å². The monoisotopic (exact) mass is 278 g/mol. The quantitative estimate of drug-likeness (QED) is 0.817. The number of benzene rings is 1. The van der Waals surface area contributed by atoms with Crippen LogP contribution >= 0.6 is 11.3 Å². The maximum absolute atomic E-state index is 11.2. The summed E-state index contributed by atoms with van der Waals surface area (Å²) in [5.41, 5.74) is 15.5. The van der Waals surface area contributed by atoms with Crippen molar-refractivity contribution < 1.29 is 4.79 Å². The molecule has 0 aliphatic rings. The van der Waals surface area contributed by atoms with Crippen LogP contribution < -0.4 is 16.4 Å². The highest BCUT2D eigenvalue weighted by molar-refractivity contribution is 7.16. The van der Waals surface area contributed by atoms with Crippen LogP contribution in [0.4, 0.5) is 11.4 Å². The third-order valence-corrected chi connectivity index (χ3v) is 3.59. The Morgan fingerprint density at radius 1 is 1.47 bits per heavy atom. The number of thiazole rings is 1. The fourth-order valence-electron chi connectivity index (χ4n) is 2.09. The van der Waals surface area contributed by atoms with Gasteiger partial charge in [0.25, 0.3) is 0 Å². The van der Waals surface area contributed by atoms with E-state index in [-0.39, 0.29) is 12.5 Å². The van der Waals surface area contributed by atoms with Crippen LogP contribution in [-0.4, -0.2) is 24.0 Å². The Morgan fingerprint density at radius 3 is 2.84 bits per heavy atom. The molecule has 0 aliphatic heterocycles. The number of fused-ring (bicyclic) bond motifs is 1. The van der Waals surface area contributed by atoms with Crippen LogP contribution in [0.3, 0.4) is 0 Å². The van der Waals surface area contributed by atoms with Gasteiger partial charge in [-0.1, -0.05) is 13.8 Å². The average Bonchev–Trinajstić information content (AvgIpc) is 2.76. The molecule has 2 rings (SSSR count). The van der Waals surface area contributed by atoms with Crippen molar-refractivity contribution in [3.63, 3.8) is 0 Å². The van der Waals surface area contributed by atoms with Gasteiger partial charge in [-0.05, 0) is 18.1 Å². The van der Waals surface area contributed by atoms with Gasteiger partial charge in [0.2, 0.25) is 5.91 Å². The normalized spacial score (nSPS) is 11.1. The second-order valence-electron chi connectivity index (χ2n) is 4.94. The summed E-state index contributed by atoms with van der Waals surface area (Å²) in [6, 6.07) is 3.91. The summed E-state index contributed by atoms with van der Waals surface area (Å²) in [6.45, 7) is 5.07. The first-order chi connectivity index (χ1) is 8.99. The number of rotatable bonds is 5. The van der Waals surface area contributed by atoms with Gasteiger partial charge in [-0.2, -0.15) is 0 Å². The SMILES string of the molecule is CC(C)CN(CC(N)=O)c1ccc2scnc2c1N. The Morgan fingerprint density at radius 2 is 2.21 bits per heavy atom. The van der Waals surface area contributed by atoms with E-state index in [1.54, 1.807) is 16.8 Å². The fourth-order valence-corrected chi connectivity index (χ4v) is 2.79. The summed E-state index contributed by atoms with van der Waals surface area (Å²) in [7, 11) is 0. The van der Waals surface area contributed by atoms with Gasteiger partial charge in [-0.3, -0.25) is 4.79 Å². The molecule has 5 nitrogen and oxygen atoms in total. The lowest BCUT2D eigenvalue weighted by Gasteiger charge is -2.26. The van der Waals surface area contributed by atoms with Gasteiger partial charge in [0.05, 0.1) is 28.1 Å². The summed E-state index contributed by atoms with van der Waals surface area (Å²) < 4.78 is 1.05. The molecule has 0 atom stereocenters. The summed E-state index contributed by atoms with van der Waals surface area (Å²) >= 11 is 1.55. The predicted octanol–water partition coefficient (Wildman–Crippen LogP) is 1.83. The number of nitrogens with zero attached hydrogens (tertiary/aromatic N) is 2. The molecule has 6 heteroatoms. The molecule has 1 aromatic heterocycles. The number of nitrogen functional groups attached to an aromatic ring is 1. The predicted molar refractivity (Wildman–Crippen MR) is 80.3 cm³/mol. The molecule has 0 saturated heterocycles. The van der Waals surface area contributed by atoms with Crippen molar-refractivity contribution >= 4 is 38.8 Å². The second-order valence-corrected chi connectivity index (χ2v) is 5.82. The van der Waals surface area contributed by atoms with E-state index in [9.17, 15) is 4.79 Å². The lowest BCUT2D eigenvalue weighted by Crippen LogP contribution is -2.36. The number of carbonyl (C=O) groups excluding carboxylic acids is 1. The Kier molecular flexibility index (Phi) is 3.90. The van der Waals surface area contributed by atoms with E-state index in [2.05, 4.69) is 18.8 Å². The first-order valence-electron chi connectivity index (χ1n) is 6.14. The van der Waals surface area contributed by atoms with Crippen molar-refractivity contribution in [1.29, 1.82) is 0 Å². The standard InChI is InChI=1S/C13H18N4OS/c1-8(2)5-17(6-11(14)18)9-3-4-10-13(12(9)15)16-7-19-10/h3-4,7-8H,5-6,15H2,1-2H3,(H2,14,18). The van der Waals surface area contributed by atoms with Gasteiger partial charge >= 0.3 is 0 Å². The third-order valence-electron chi connectivity index (χ3n) is 2.79. The van der Waals surface area contributed by atoms with Crippen molar-refractivity contribution in [2.24, 2.45) is 11.7 Å². The highest BCUT2D eigenvalue weighted by Gasteiger charge is 2.16. The van der Waals surface area contributed by atoms with Gasteiger partial charge in [-0.15, -0.1) is 11.3 Å². The first-order valence-corrected chi connectivity index (χ1v) is 7.02. The van der Waals surface area contributed by atoms with Gasteiger partial charge in [0.1, 0.15) is 5.52 Å². The topological polar surface area (TPSA) is 85.2 Å². The first kappa shape index (κ1) is 13.6. The zero-order chi connectivity index (χ0) is 14.0. The van der Waals surface area contributed by atoms with Crippen LogP contribution in [-0.2, 0) is 4.79 Å². The summed E-state index contributed by atoms with van der Waals surface area (Å²) in [6.07, 6.45) is 0. The molecule has 0 aliphatic carbocycles. The number of anilines is 2. The fraction of sp³-hybridized carbons (Fsp3) is 0.385. The van der Waals surface area contributed by atoms with Gasteiger partial charge in [0.15, 0.2) is 0 Å². The maximum Gasteiger partial charge on any atom is 0.236 e. The van der Waals surface area contributed by atoms with E-state index in [4.69, 9.17) is 11.5 Å². The minimum absolute atomic E-state index is 0.165. The van der Waals surface area contributed by atoms with Crippen LogP contribution in [0.1, 0.15) is 13.8 Å². The van der Waals surface area contributed by atoms with E-state index in [1.807, 2.05) is 17.0 Å². The number of primary amides is 1. The number of nitrogens with two attached hydrogens (primary N) is 2. The molecule has 4 N–H and O–H groups in total. The molecule has 0 bridgehead atoms. The number of hydrogen-bond acceptors (Lipinski definition) is 5. The minimum Gasteiger partial charge on any atom is -0.395 e. The van der Waals surface area contributed by atoms with E-state index in [1.165, 1.54) is 0 Å². The molecule has 0 radical (unpaired) electrons. The van der Waals surface area contributed by atoms with Crippen molar-refractivity contribution in [2.75, 3.05) is 23.7 Å². The van der Waals surface area contributed by atoms with Crippen LogP contribution in [0.2, 0.25) is 0 Å².